The number of amides is 1. The zero-order valence-corrected chi connectivity index (χ0v) is 13.0. The summed E-state index contributed by atoms with van der Waals surface area (Å²) in [4.78, 5) is 16.5. The van der Waals surface area contributed by atoms with E-state index >= 15 is 0 Å². The van der Waals surface area contributed by atoms with Gasteiger partial charge < -0.3 is 21.9 Å². The van der Waals surface area contributed by atoms with Gasteiger partial charge in [-0.3, -0.25) is 4.79 Å². The van der Waals surface area contributed by atoms with Crippen molar-refractivity contribution in [3.63, 3.8) is 0 Å². The predicted molar refractivity (Wildman–Crippen MR) is 94.5 cm³/mol. The minimum atomic E-state index is -0.663. The number of aromatic hydroxyl groups is 1. The van der Waals surface area contributed by atoms with E-state index in [-0.39, 0.29) is 17.1 Å². The molecule has 0 spiro atoms. The summed E-state index contributed by atoms with van der Waals surface area (Å²) >= 11 is 0. The van der Waals surface area contributed by atoms with Crippen LogP contribution in [-0.2, 0) is 0 Å². The van der Waals surface area contributed by atoms with Crippen molar-refractivity contribution in [1.29, 1.82) is 0 Å². The number of nitrogens with two attached hydrogens (primary N) is 2. The number of benzene rings is 2. The second kappa shape index (κ2) is 6.48. The Morgan fingerprint density at radius 1 is 1.04 bits per heavy atom. The highest BCUT2D eigenvalue weighted by Crippen LogP contribution is 2.24. The topological polar surface area (TPSA) is 114 Å². The number of carbonyl (C=O) groups is 1. The Bertz CT molecular complexity index is 942. The molecule has 0 aliphatic heterocycles. The minimum absolute atomic E-state index is 0.0678. The smallest absolute Gasteiger partial charge is 0.258 e. The summed E-state index contributed by atoms with van der Waals surface area (Å²) in [6.07, 6.45) is 0. The van der Waals surface area contributed by atoms with Gasteiger partial charge in [-0.1, -0.05) is 0 Å². The first-order valence-corrected chi connectivity index (χ1v) is 7.36. The fourth-order valence-corrected chi connectivity index (χ4v) is 2.25. The van der Waals surface area contributed by atoms with Crippen molar-refractivity contribution in [3.05, 3.63) is 66.0 Å². The van der Waals surface area contributed by atoms with Crippen molar-refractivity contribution in [2.24, 2.45) is 0 Å². The maximum atomic E-state index is 14.1. The Kier molecular flexibility index (Phi) is 4.21. The molecule has 7 heteroatoms. The summed E-state index contributed by atoms with van der Waals surface area (Å²) in [5.74, 6) is -1.05. The summed E-state index contributed by atoms with van der Waals surface area (Å²) < 4.78 is 14.1. The van der Waals surface area contributed by atoms with Crippen molar-refractivity contribution in [2.75, 3.05) is 16.8 Å². The first-order chi connectivity index (χ1) is 11.9. The van der Waals surface area contributed by atoms with Gasteiger partial charge >= 0.3 is 0 Å². The molecule has 6 nitrogen and oxygen atoms in total. The molecule has 0 aliphatic carbocycles. The van der Waals surface area contributed by atoms with Crippen molar-refractivity contribution >= 4 is 23.1 Å². The summed E-state index contributed by atoms with van der Waals surface area (Å²) in [5, 5.41) is 11.8. The second-order valence-corrected chi connectivity index (χ2v) is 5.37. The predicted octanol–water partition coefficient (Wildman–Crippen LogP) is 3.01. The molecule has 2 aromatic carbocycles. The lowest BCUT2D eigenvalue weighted by molar-refractivity contribution is 0.102. The number of halogens is 1. The van der Waals surface area contributed by atoms with Crippen LogP contribution in [0.3, 0.4) is 0 Å². The zero-order chi connectivity index (χ0) is 18.0. The van der Waals surface area contributed by atoms with Crippen LogP contribution < -0.4 is 16.8 Å². The Morgan fingerprint density at radius 3 is 2.44 bits per heavy atom. The molecule has 0 aliphatic rings. The first-order valence-electron chi connectivity index (χ1n) is 7.36. The van der Waals surface area contributed by atoms with E-state index < -0.39 is 11.7 Å². The molecule has 0 atom stereocenters. The van der Waals surface area contributed by atoms with Crippen LogP contribution in [0.1, 0.15) is 10.4 Å². The Morgan fingerprint density at radius 2 is 1.76 bits per heavy atom. The largest absolute Gasteiger partial charge is 0.508 e. The van der Waals surface area contributed by atoms with Crippen LogP contribution in [0.5, 0.6) is 5.75 Å². The molecule has 0 radical (unpaired) electrons. The third-order valence-electron chi connectivity index (χ3n) is 3.59. The van der Waals surface area contributed by atoms with Gasteiger partial charge in [0.2, 0.25) is 0 Å². The van der Waals surface area contributed by atoms with Crippen LogP contribution in [0.2, 0.25) is 0 Å². The number of phenolic OH excluding ortho intramolecular Hbond substituents is 1. The Balaban J connectivity index is 1.91. The van der Waals surface area contributed by atoms with Crippen LogP contribution in [0, 0.1) is 5.82 Å². The Labute approximate surface area is 142 Å². The molecule has 0 saturated carbocycles. The second-order valence-electron chi connectivity index (χ2n) is 5.37. The highest BCUT2D eigenvalue weighted by Gasteiger charge is 2.14. The van der Waals surface area contributed by atoms with Crippen molar-refractivity contribution in [2.45, 2.75) is 0 Å². The summed E-state index contributed by atoms with van der Waals surface area (Å²) in [6, 6.07) is 13.2. The standard InChI is InChI=1S/C18H15FN4O2/c19-14-6-1-10(16-8-7-15(20)17(21)23-16)9-13(14)18(25)22-11-2-4-12(24)5-3-11/h1-9,24H,20H2,(H2,21,23)(H,22,25). The highest BCUT2D eigenvalue weighted by atomic mass is 19.1. The number of carbonyl (C=O) groups excluding carboxylic acids is 1. The van der Waals surface area contributed by atoms with E-state index in [9.17, 15) is 14.3 Å². The number of anilines is 3. The van der Waals surface area contributed by atoms with Gasteiger partial charge in [0.05, 0.1) is 16.9 Å². The van der Waals surface area contributed by atoms with E-state index in [1.54, 1.807) is 12.1 Å². The molecule has 0 saturated heterocycles. The molecular weight excluding hydrogens is 323 g/mol. The molecule has 1 aromatic heterocycles. The van der Waals surface area contributed by atoms with Crippen LogP contribution in [0.15, 0.2) is 54.6 Å². The third-order valence-corrected chi connectivity index (χ3v) is 3.59. The minimum Gasteiger partial charge on any atom is -0.508 e. The van der Waals surface area contributed by atoms with Crippen LogP contribution in [0.4, 0.5) is 21.6 Å². The van der Waals surface area contributed by atoms with Crippen LogP contribution >= 0.6 is 0 Å². The van der Waals surface area contributed by atoms with Gasteiger partial charge in [-0.25, -0.2) is 9.37 Å². The molecule has 3 aromatic rings. The van der Waals surface area contributed by atoms with Gasteiger partial charge in [-0.15, -0.1) is 0 Å². The van der Waals surface area contributed by atoms with Crippen molar-refractivity contribution in [1.82, 2.24) is 4.98 Å². The number of hydrogen-bond donors (Lipinski definition) is 4. The molecule has 6 N–H and O–H groups in total. The number of pyridine rings is 1. The molecule has 126 valence electrons. The normalized spacial score (nSPS) is 10.4. The number of nitrogens with zero attached hydrogens (tertiary/aromatic N) is 1. The molecule has 0 bridgehead atoms. The van der Waals surface area contributed by atoms with E-state index in [4.69, 9.17) is 11.5 Å². The number of aromatic nitrogens is 1. The summed E-state index contributed by atoms with van der Waals surface area (Å²) in [6.45, 7) is 0. The maximum absolute atomic E-state index is 14.1. The lowest BCUT2D eigenvalue weighted by Gasteiger charge is -2.09. The van der Waals surface area contributed by atoms with Gasteiger partial charge in [0.25, 0.3) is 5.91 Å². The molecule has 1 heterocycles. The molecule has 3 rings (SSSR count). The van der Waals surface area contributed by atoms with Crippen LogP contribution in [0.25, 0.3) is 11.3 Å². The summed E-state index contributed by atoms with van der Waals surface area (Å²) in [7, 11) is 0. The Hall–Kier alpha value is -3.61. The number of nitrogen functional groups attached to an aromatic ring is 2. The number of phenols is 1. The van der Waals surface area contributed by atoms with Crippen molar-refractivity contribution in [3.8, 4) is 17.0 Å². The number of hydrogen-bond acceptors (Lipinski definition) is 5. The van der Waals surface area contributed by atoms with Crippen LogP contribution in [-0.4, -0.2) is 16.0 Å². The van der Waals surface area contributed by atoms with E-state index in [0.29, 0.717) is 22.6 Å². The third kappa shape index (κ3) is 3.50. The molecule has 25 heavy (non-hydrogen) atoms. The average molecular weight is 338 g/mol. The maximum Gasteiger partial charge on any atom is 0.258 e. The molecule has 0 fully saturated rings. The van der Waals surface area contributed by atoms with E-state index in [0.717, 1.165) is 0 Å². The monoisotopic (exact) mass is 338 g/mol. The first kappa shape index (κ1) is 16.3. The van der Waals surface area contributed by atoms with E-state index in [1.165, 1.54) is 42.5 Å². The fourth-order valence-electron chi connectivity index (χ4n) is 2.25. The zero-order valence-electron chi connectivity index (χ0n) is 13.0. The lowest BCUT2D eigenvalue weighted by Crippen LogP contribution is -2.14. The molecule has 0 unspecified atom stereocenters. The lowest BCUT2D eigenvalue weighted by atomic mass is 10.1. The van der Waals surface area contributed by atoms with Gasteiger partial charge in [0.15, 0.2) is 0 Å². The number of nitrogens with one attached hydrogen (secondary N) is 1. The fraction of sp³-hybridized carbons (Fsp3) is 0. The van der Waals surface area contributed by atoms with Gasteiger partial charge in [0, 0.05) is 11.3 Å². The average Bonchev–Trinajstić information content (AvgIpc) is 2.60. The molecule has 1 amide bonds. The van der Waals surface area contributed by atoms with Gasteiger partial charge in [-0.05, 0) is 54.6 Å². The number of rotatable bonds is 3. The molecular formula is C18H15FN4O2. The SMILES string of the molecule is Nc1ccc(-c2ccc(F)c(C(=O)Nc3ccc(O)cc3)c2)nc1N. The quantitative estimate of drug-likeness (QED) is 0.548. The summed E-state index contributed by atoms with van der Waals surface area (Å²) in [5.41, 5.74) is 13.0. The highest BCUT2D eigenvalue weighted by molar-refractivity contribution is 6.05. The van der Waals surface area contributed by atoms with Gasteiger partial charge in [-0.2, -0.15) is 0 Å². The van der Waals surface area contributed by atoms with E-state index in [1.807, 2.05) is 0 Å². The van der Waals surface area contributed by atoms with E-state index in [2.05, 4.69) is 10.3 Å². The van der Waals surface area contributed by atoms with Gasteiger partial charge in [0.1, 0.15) is 17.4 Å². The van der Waals surface area contributed by atoms with Crippen molar-refractivity contribution < 1.29 is 14.3 Å².